The smallest absolute Gasteiger partial charge is 0.255 e. The van der Waals surface area contributed by atoms with E-state index < -0.39 is 52.0 Å². The lowest BCUT2D eigenvalue weighted by Crippen LogP contribution is -2.58. The molecule has 6 N–H and O–H groups in total. The number of rotatable bonds is 4. The summed E-state index contributed by atoms with van der Waals surface area (Å²) in [6.45, 7) is 2.04. The Hall–Kier alpha value is -4.11. The quantitative estimate of drug-likeness (QED) is 0.386. The van der Waals surface area contributed by atoms with E-state index in [4.69, 9.17) is 5.73 Å². The summed E-state index contributed by atoms with van der Waals surface area (Å²) < 4.78 is 0. The standard InChI is InChI=1S/C29H30N2O7/c1-4-13-5-7-14(8-6-13)17-12-19(31(2)3)18-10-15-9-16-11-20(32)23(28(30)37)27(36)29(16,38)26(35)21(15)25(34)22(18)24(17)33/h5-8,12,15-16,33-34,36,38H,4,9-11H2,1-3H3,(H2,30,37). The average Bonchev–Trinajstić information content (AvgIpc) is 2.86. The first kappa shape index (κ1) is 25.5. The monoisotopic (exact) mass is 518 g/mol. The molecule has 3 atom stereocenters. The van der Waals surface area contributed by atoms with Crippen molar-refractivity contribution in [2.24, 2.45) is 17.6 Å². The fourth-order valence-electron chi connectivity index (χ4n) is 6.21. The minimum absolute atomic E-state index is 0.0814. The number of fused-ring (bicyclic) bond motifs is 3. The van der Waals surface area contributed by atoms with Crippen LogP contribution in [-0.4, -0.2) is 57.6 Å². The third-order valence-corrected chi connectivity index (χ3v) is 8.20. The number of aryl methyl sites for hydroxylation is 1. The highest BCUT2D eigenvalue weighted by Crippen LogP contribution is 2.54. The molecule has 1 amide bonds. The number of ketones is 2. The lowest BCUT2D eigenvalue weighted by Gasteiger charge is -2.46. The van der Waals surface area contributed by atoms with Gasteiger partial charge in [0.2, 0.25) is 5.78 Å². The molecule has 0 aromatic heterocycles. The molecular weight excluding hydrogens is 488 g/mol. The molecule has 1 saturated carbocycles. The summed E-state index contributed by atoms with van der Waals surface area (Å²) >= 11 is 0. The summed E-state index contributed by atoms with van der Waals surface area (Å²) in [6, 6.07) is 9.50. The predicted octanol–water partition coefficient (Wildman–Crippen LogP) is 2.72. The number of primary amides is 1. The van der Waals surface area contributed by atoms with Crippen molar-refractivity contribution in [1.29, 1.82) is 0 Å². The van der Waals surface area contributed by atoms with Crippen LogP contribution < -0.4 is 10.6 Å². The molecule has 9 nitrogen and oxygen atoms in total. The molecule has 0 heterocycles. The maximum Gasteiger partial charge on any atom is 0.255 e. The van der Waals surface area contributed by atoms with Gasteiger partial charge in [-0.3, -0.25) is 14.4 Å². The number of aliphatic hydroxyl groups excluding tert-OH is 2. The molecule has 9 heteroatoms. The first-order valence-corrected chi connectivity index (χ1v) is 12.5. The van der Waals surface area contributed by atoms with Crippen LogP contribution >= 0.6 is 0 Å². The molecule has 0 saturated heterocycles. The Morgan fingerprint density at radius 1 is 1.11 bits per heavy atom. The van der Waals surface area contributed by atoms with Crippen molar-refractivity contribution in [3.8, 4) is 16.9 Å². The zero-order valence-corrected chi connectivity index (χ0v) is 21.4. The molecule has 5 rings (SSSR count). The molecule has 0 aliphatic heterocycles. The molecule has 1 fully saturated rings. The fraction of sp³-hybridized carbons (Fsp3) is 0.345. The van der Waals surface area contributed by atoms with E-state index in [1.807, 2.05) is 56.3 Å². The Labute approximate surface area is 219 Å². The molecule has 2 aromatic carbocycles. The highest BCUT2D eigenvalue weighted by Gasteiger charge is 2.60. The van der Waals surface area contributed by atoms with Gasteiger partial charge in [-0.05, 0) is 47.9 Å². The molecule has 2 aromatic rings. The fourth-order valence-corrected chi connectivity index (χ4v) is 6.21. The third kappa shape index (κ3) is 3.45. The molecule has 3 unspecified atom stereocenters. The highest BCUT2D eigenvalue weighted by atomic mass is 16.3. The lowest BCUT2D eigenvalue weighted by atomic mass is 9.59. The van der Waals surface area contributed by atoms with Crippen molar-refractivity contribution >= 4 is 28.9 Å². The van der Waals surface area contributed by atoms with Crippen LogP contribution in [0.3, 0.4) is 0 Å². The number of carbonyl (C=O) groups excluding carboxylic acids is 3. The van der Waals surface area contributed by atoms with E-state index in [-0.39, 0.29) is 36.1 Å². The number of Topliss-reactive ketones (excluding diaryl/α,β-unsaturated/α-hetero) is 2. The van der Waals surface area contributed by atoms with E-state index in [9.17, 15) is 34.8 Å². The van der Waals surface area contributed by atoms with Crippen molar-refractivity contribution in [3.63, 3.8) is 0 Å². The normalized spacial score (nSPS) is 24.6. The number of benzene rings is 2. The number of anilines is 1. The van der Waals surface area contributed by atoms with Gasteiger partial charge in [-0.2, -0.15) is 0 Å². The third-order valence-electron chi connectivity index (χ3n) is 8.20. The molecule has 198 valence electrons. The minimum Gasteiger partial charge on any atom is -0.508 e. The summed E-state index contributed by atoms with van der Waals surface area (Å²) in [4.78, 5) is 40.0. The Balaban J connectivity index is 1.73. The van der Waals surface area contributed by atoms with Crippen molar-refractivity contribution in [1.82, 2.24) is 0 Å². The van der Waals surface area contributed by atoms with Crippen molar-refractivity contribution < 1.29 is 34.8 Å². The summed E-state index contributed by atoms with van der Waals surface area (Å²) in [6.07, 6.45) is 0.853. The number of phenols is 1. The second-order valence-corrected chi connectivity index (χ2v) is 10.5. The Kier molecular flexibility index (Phi) is 5.87. The number of carbonyl (C=O) groups is 3. The van der Waals surface area contributed by atoms with Crippen molar-refractivity contribution in [2.45, 2.75) is 38.2 Å². The van der Waals surface area contributed by atoms with E-state index >= 15 is 0 Å². The van der Waals surface area contributed by atoms with Gasteiger partial charge in [-0.25, -0.2) is 0 Å². The van der Waals surface area contributed by atoms with Gasteiger partial charge in [0.1, 0.15) is 22.8 Å². The van der Waals surface area contributed by atoms with E-state index in [2.05, 4.69) is 0 Å². The Morgan fingerprint density at radius 3 is 2.34 bits per heavy atom. The molecule has 3 aliphatic carbocycles. The van der Waals surface area contributed by atoms with Crippen LogP contribution in [0.5, 0.6) is 5.75 Å². The van der Waals surface area contributed by atoms with E-state index in [0.717, 1.165) is 23.2 Å². The molecule has 0 bridgehead atoms. The van der Waals surface area contributed by atoms with Crippen LogP contribution in [0, 0.1) is 11.8 Å². The van der Waals surface area contributed by atoms with Crippen LogP contribution in [0.15, 0.2) is 47.2 Å². The number of aliphatic hydroxyl groups is 3. The summed E-state index contributed by atoms with van der Waals surface area (Å²) in [5, 5.41) is 45.1. The number of amides is 1. The minimum atomic E-state index is -2.58. The Bertz CT molecular complexity index is 1470. The van der Waals surface area contributed by atoms with Gasteiger partial charge in [-0.1, -0.05) is 31.2 Å². The van der Waals surface area contributed by atoms with E-state index in [1.165, 1.54) is 0 Å². The van der Waals surface area contributed by atoms with Gasteiger partial charge in [0.15, 0.2) is 11.4 Å². The lowest BCUT2D eigenvalue weighted by molar-refractivity contribution is -0.147. The van der Waals surface area contributed by atoms with Gasteiger partial charge >= 0.3 is 0 Å². The van der Waals surface area contributed by atoms with Crippen LogP contribution in [0.25, 0.3) is 16.9 Å². The van der Waals surface area contributed by atoms with Gasteiger partial charge in [0, 0.05) is 43.3 Å². The molecule has 3 aliphatic rings. The van der Waals surface area contributed by atoms with E-state index in [0.29, 0.717) is 11.1 Å². The summed E-state index contributed by atoms with van der Waals surface area (Å²) in [7, 11) is 3.68. The van der Waals surface area contributed by atoms with Gasteiger partial charge in [0.05, 0.1) is 5.56 Å². The van der Waals surface area contributed by atoms with Crippen LogP contribution in [0.4, 0.5) is 5.69 Å². The predicted molar refractivity (Wildman–Crippen MR) is 141 cm³/mol. The van der Waals surface area contributed by atoms with Gasteiger partial charge < -0.3 is 31.1 Å². The number of nitrogens with zero attached hydrogens (tertiary/aromatic N) is 1. The Morgan fingerprint density at radius 2 is 1.76 bits per heavy atom. The number of nitrogens with two attached hydrogens (primary N) is 1. The second-order valence-electron chi connectivity index (χ2n) is 10.5. The average molecular weight is 519 g/mol. The largest absolute Gasteiger partial charge is 0.508 e. The van der Waals surface area contributed by atoms with Gasteiger partial charge in [0.25, 0.3) is 5.91 Å². The summed E-state index contributed by atoms with van der Waals surface area (Å²) in [5.41, 5.74) is 5.47. The molecule has 38 heavy (non-hydrogen) atoms. The van der Waals surface area contributed by atoms with Gasteiger partial charge in [-0.15, -0.1) is 0 Å². The van der Waals surface area contributed by atoms with Crippen molar-refractivity contribution in [3.05, 3.63) is 63.9 Å². The topological polar surface area (TPSA) is 161 Å². The van der Waals surface area contributed by atoms with E-state index in [1.54, 1.807) is 0 Å². The number of phenolic OH excluding ortho intramolecular Hbond substituents is 1. The number of hydrogen-bond donors (Lipinski definition) is 5. The maximum atomic E-state index is 13.8. The molecular formula is C29H30N2O7. The van der Waals surface area contributed by atoms with Crippen LogP contribution in [0.1, 0.15) is 36.5 Å². The summed E-state index contributed by atoms with van der Waals surface area (Å²) in [5.74, 6) is -6.35. The van der Waals surface area contributed by atoms with Crippen LogP contribution in [-0.2, 0) is 27.2 Å². The number of aromatic hydroxyl groups is 1. The first-order chi connectivity index (χ1) is 17.9. The number of hydrogen-bond acceptors (Lipinski definition) is 8. The zero-order chi connectivity index (χ0) is 27.7. The highest BCUT2D eigenvalue weighted by molar-refractivity contribution is 6.22. The second kappa shape index (κ2) is 8.73. The van der Waals surface area contributed by atoms with Crippen molar-refractivity contribution in [2.75, 3.05) is 19.0 Å². The maximum absolute atomic E-state index is 13.8. The zero-order valence-electron chi connectivity index (χ0n) is 21.4. The SMILES string of the molecule is CCc1ccc(-c2cc(N(C)C)c3c(c2O)C(O)=C2C(=O)C4(O)C(O)=C(C(N)=O)C(=O)CC4CC2C3)cc1. The van der Waals surface area contributed by atoms with Crippen LogP contribution in [0.2, 0.25) is 0 Å². The molecule has 0 spiro atoms. The first-order valence-electron chi connectivity index (χ1n) is 12.5. The molecule has 0 radical (unpaired) electrons.